The Balaban J connectivity index is 1.98. The molecule has 0 aromatic carbocycles. The molecule has 0 aromatic heterocycles. The van der Waals surface area contributed by atoms with E-state index in [0.717, 1.165) is 6.54 Å². The van der Waals surface area contributed by atoms with Crippen LogP contribution in [0.15, 0.2) is 0 Å². The first-order valence-corrected chi connectivity index (χ1v) is 4.07. The Morgan fingerprint density at radius 3 is 2.50 bits per heavy atom. The maximum Gasteiger partial charge on any atom is 0.105 e. The van der Waals surface area contributed by atoms with Crippen LogP contribution in [0.4, 0.5) is 0 Å². The van der Waals surface area contributed by atoms with E-state index in [1.807, 2.05) is 0 Å². The summed E-state index contributed by atoms with van der Waals surface area (Å²) in [7, 11) is 0. The van der Waals surface area contributed by atoms with E-state index in [9.17, 15) is 0 Å². The van der Waals surface area contributed by atoms with E-state index in [0.29, 0.717) is 0 Å². The first-order chi connectivity index (χ1) is 4.91. The number of nitrogens with one attached hydrogen (secondary N) is 2. The molecular weight excluding hydrogens is 128 g/mol. The molecule has 2 rings (SSSR count). The van der Waals surface area contributed by atoms with Crippen molar-refractivity contribution >= 4 is 0 Å². The predicted molar refractivity (Wildman–Crippen MR) is 38.0 cm³/mol. The fraction of sp³-hybridized carbons (Fsp3) is 1.00. The van der Waals surface area contributed by atoms with Crippen molar-refractivity contribution in [2.24, 2.45) is 0 Å². The maximum atomic E-state index is 5.42. The van der Waals surface area contributed by atoms with Gasteiger partial charge in [-0.15, -0.1) is 5.59 Å². The molecule has 1 heterocycles. The zero-order valence-electron chi connectivity index (χ0n) is 6.15. The van der Waals surface area contributed by atoms with Crippen LogP contribution in [0.25, 0.3) is 0 Å². The summed E-state index contributed by atoms with van der Waals surface area (Å²) in [5.41, 5.74) is 5.89. The van der Waals surface area contributed by atoms with Gasteiger partial charge >= 0.3 is 0 Å². The van der Waals surface area contributed by atoms with E-state index < -0.39 is 0 Å². The summed E-state index contributed by atoms with van der Waals surface area (Å²) in [6, 6.07) is 0. The van der Waals surface area contributed by atoms with Crippen molar-refractivity contribution in [3.63, 3.8) is 0 Å². The third-order valence-corrected chi connectivity index (χ3v) is 2.52. The summed E-state index contributed by atoms with van der Waals surface area (Å²) in [5.74, 6) is 0. The van der Waals surface area contributed by atoms with Crippen molar-refractivity contribution < 1.29 is 4.84 Å². The van der Waals surface area contributed by atoms with E-state index in [1.165, 1.54) is 32.1 Å². The van der Waals surface area contributed by atoms with E-state index >= 15 is 0 Å². The smallest absolute Gasteiger partial charge is 0.105 e. The fourth-order valence-electron chi connectivity index (χ4n) is 1.85. The topological polar surface area (TPSA) is 33.3 Å². The minimum Gasteiger partial charge on any atom is -0.279 e. The minimum absolute atomic E-state index is 0.151. The van der Waals surface area contributed by atoms with E-state index in [2.05, 4.69) is 11.0 Å². The second-order valence-electron chi connectivity index (χ2n) is 3.30. The predicted octanol–water partition coefficient (Wildman–Crippen LogP) is 0.729. The molecule has 3 heteroatoms. The highest BCUT2D eigenvalue weighted by molar-refractivity contribution is 4.87. The van der Waals surface area contributed by atoms with Crippen molar-refractivity contribution in [1.29, 1.82) is 0 Å². The molecule has 0 aromatic rings. The maximum absolute atomic E-state index is 5.42. The van der Waals surface area contributed by atoms with Crippen LogP contribution in [0.3, 0.4) is 0 Å². The van der Waals surface area contributed by atoms with Gasteiger partial charge in [0.2, 0.25) is 0 Å². The Bertz CT molecular complexity index is 113. The second-order valence-corrected chi connectivity index (χ2v) is 3.30. The summed E-state index contributed by atoms with van der Waals surface area (Å²) < 4.78 is 0. The van der Waals surface area contributed by atoms with Gasteiger partial charge < -0.3 is 0 Å². The van der Waals surface area contributed by atoms with Crippen LogP contribution in [0.2, 0.25) is 0 Å². The Kier molecular flexibility index (Phi) is 1.64. The minimum atomic E-state index is 0.151. The van der Waals surface area contributed by atoms with Gasteiger partial charge in [-0.2, -0.15) is 0 Å². The molecule has 1 aliphatic carbocycles. The van der Waals surface area contributed by atoms with Crippen LogP contribution in [0, 0.1) is 0 Å². The highest BCUT2D eigenvalue weighted by atomic mass is 16.7. The second kappa shape index (κ2) is 2.49. The third-order valence-electron chi connectivity index (χ3n) is 2.52. The average molecular weight is 142 g/mol. The zero-order chi connectivity index (χ0) is 6.86. The standard InChI is InChI=1S/C7H14N2O/c1-2-4-7(5-3-1)6-8-9-10-7/h8-9H,1-6H2. The largest absolute Gasteiger partial charge is 0.279 e. The number of rotatable bonds is 0. The number of hydrogen-bond donors (Lipinski definition) is 2. The Morgan fingerprint density at radius 1 is 1.10 bits per heavy atom. The number of hydrazine groups is 1. The van der Waals surface area contributed by atoms with Gasteiger partial charge in [-0.25, -0.2) is 5.43 Å². The normalized spacial score (nSPS) is 31.2. The summed E-state index contributed by atoms with van der Waals surface area (Å²) in [4.78, 5) is 5.42. The lowest BCUT2D eigenvalue weighted by Crippen LogP contribution is -2.35. The SMILES string of the molecule is C1CCC2(CC1)CNNO2. The van der Waals surface area contributed by atoms with Gasteiger partial charge in [0.1, 0.15) is 5.60 Å². The van der Waals surface area contributed by atoms with Gasteiger partial charge in [-0.1, -0.05) is 19.3 Å². The highest BCUT2D eigenvalue weighted by Crippen LogP contribution is 2.31. The van der Waals surface area contributed by atoms with Crippen LogP contribution in [0.5, 0.6) is 0 Å². The van der Waals surface area contributed by atoms with Crippen LogP contribution in [-0.4, -0.2) is 12.1 Å². The van der Waals surface area contributed by atoms with Crippen LogP contribution in [0.1, 0.15) is 32.1 Å². The van der Waals surface area contributed by atoms with E-state index in [4.69, 9.17) is 4.84 Å². The molecule has 2 fully saturated rings. The lowest BCUT2D eigenvalue weighted by atomic mass is 9.85. The monoisotopic (exact) mass is 142 g/mol. The third kappa shape index (κ3) is 1.05. The molecular formula is C7H14N2O. The Labute approximate surface area is 61.1 Å². The van der Waals surface area contributed by atoms with Gasteiger partial charge in [0, 0.05) is 6.54 Å². The quantitative estimate of drug-likeness (QED) is 0.523. The molecule has 0 atom stereocenters. The van der Waals surface area contributed by atoms with Crippen molar-refractivity contribution in [2.75, 3.05) is 6.54 Å². The molecule has 1 spiro atoms. The Morgan fingerprint density at radius 2 is 1.90 bits per heavy atom. The van der Waals surface area contributed by atoms with Gasteiger partial charge in [-0.05, 0) is 12.8 Å². The molecule has 1 saturated carbocycles. The molecule has 58 valence electrons. The van der Waals surface area contributed by atoms with E-state index in [1.54, 1.807) is 0 Å². The van der Waals surface area contributed by atoms with Crippen molar-refractivity contribution in [3.8, 4) is 0 Å². The first-order valence-electron chi connectivity index (χ1n) is 4.07. The lowest BCUT2D eigenvalue weighted by molar-refractivity contribution is -0.0731. The molecule has 2 N–H and O–H groups in total. The van der Waals surface area contributed by atoms with Gasteiger partial charge in [-0.3, -0.25) is 4.84 Å². The highest BCUT2D eigenvalue weighted by Gasteiger charge is 2.36. The van der Waals surface area contributed by atoms with Gasteiger partial charge in [0.25, 0.3) is 0 Å². The lowest BCUT2D eigenvalue weighted by Gasteiger charge is -2.29. The molecule has 10 heavy (non-hydrogen) atoms. The summed E-state index contributed by atoms with van der Waals surface area (Å²) in [6.45, 7) is 0.979. The number of hydrogen-bond acceptors (Lipinski definition) is 3. The zero-order valence-corrected chi connectivity index (χ0v) is 6.15. The summed E-state index contributed by atoms with van der Waals surface area (Å²) >= 11 is 0. The van der Waals surface area contributed by atoms with Crippen molar-refractivity contribution in [2.45, 2.75) is 37.7 Å². The first kappa shape index (κ1) is 6.58. The molecule has 3 nitrogen and oxygen atoms in total. The van der Waals surface area contributed by atoms with Gasteiger partial charge in [0.15, 0.2) is 0 Å². The average Bonchev–Trinajstić information content (AvgIpc) is 2.39. The Hall–Kier alpha value is -0.120. The molecule has 1 aliphatic heterocycles. The van der Waals surface area contributed by atoms with Crippen molar-refractivity contribution in [3.05, 3.63) is 0 Å². The molecule has 0 radical (unpaired) electrons. The summed E-state index contributed by atoms with van der Waals surface area (Å²) in [6.07, 6.45) is 6.46. The fourth-order valence-corrected chi connectivity index (χ4v) is 1.85. The van der Waals surface area contributed by atoms with Crippen LogP contribution < -0.4 is 11.0 Å². The molecule has 2 aliphatic rings. The molecule has 1 saturated heterocycles. The molecule has 0 amide bonds. The van der Waals surface area contributed by atoms with Crippen molar-refractivity contribution in [1.82, 2.24) is 11.0 Å². The molecule has 0 bridgehead atoms. The van der Waals surface area contributed by atoms with Crippen LogP contribution in [-0.2, 0) is 4.84 Å². The summed E-state index contributed by atoms with van der Waals surface area (Å²) in [5, 5.41) is 0. The van der Waals surface area contributed by atoms with Crippen LogP contribution >= 0.6 is 0 Å². The van der Waals surface area contributed by atoms with Gasteiger partial charge in [0.05, 0.1) is 0 Å². The molecule has 0 unspecified atom stereocenters. The van der Waals surface area contributed by atoms with E-state index in [-0.39, 0.29) is 5.60 Å².